The van der Waals surface area contributed by atoms with Crippen LogP contribution in [0.4, 0.5) is 9.93 Å². The maximum atomic E-state index is 11.4. The van der Waals surface area contributed by atoms with Crippen LogP contribution in [-0.2, 0) is 0 Å². The Morgan fingerprint density at radius 2 is 2.33 bits per heavy atom. The first kappa shape index (κ1) is 10.4. The number of hydrogen-bond donors (Lipinski definition) is 2. The molecule has 82 valence electrons. The zero-order valence-corrected chi connectivity index (χ0v) is 9.73. The summed E-state index contributed by atoms with van der Waals surface area (Å²) in [5.41, 5.74) is 1.12. The van der Waals surface area contributed by atoms with Crippen LogP contribution in [-0.4, -0.2) is 17.1 Å². The van der Waals surface area contributed by atoms with E-state index in [0.717, 1.165) is 5.69 Å². The molecular formula is C10H15N3OS. The van der Waals surface area contributed by atoms with Crippen LogP contribution in [0.5, 0.6) is 0 Å². The summed E-state index contributed by atoms with van der Waals surface area (Å²) in [6, 6.07) is -0.0328. The molecule has 0 radical (unpaired) electrons. The molecule has 15 heavy (non-hydrogen) atoms. The van der Waals surface area contributed by atoms with Crippen molar-refractivity contribution in [3.63, 3.8) is 0 Å². The van der Waals surface area contributed by atoms with E-state index in [9.17, 15) is 4.79 Å². The molecule has 0 aliphatic heterocycles. The van der Waals surface area contributed by atoms with Crippen molar-refractivity contribution in [1.29, 1.82) is 0 Å². The summed E-state index contributed by atoms with van der Waals surface area (Å²) in [6.45, 7) is 3.86. The maximum Gasteiger partial charge on any atom is 0.321 e. The van der Waals surface area contributed by atoms with E-state index in [0.29, 0.717) is 11.0 Å². The van der Waals surface area contributed by atoms with Gasteiger partial charge in [0.15, 0.2) is 5.13 Å². The van der Waals surface area contributed by atoms with Gasteiger partial charge >= 0.3 is 6.03 Å². The van der Waals surface area contributed by atoms with Crippen molar-refractivity contribution in [2.24, 2.45) is 0 Å². The minimum Gasteiger partial charge on any atom is -0.336 e. The highest BCUT2D eigenvalue weighted by molar-refractivity contribution is 7.13. The maximum absolute atomic E-state index is 11.4. The number of thiazole rings is 1. The molecule has 4 nitrogen and oxygen atoms in total. The van der Waals surface area contributed by atoms with E-state index in [4.69, 9.17) is 0 Å². The molecule has 0 saturated heterocycles. The number of amides is 2. The first-order valence-corrected chi connectivity index (χ1v) is 6.06. The third-order valence-electron chi connectivity index (χ3n) is 2.16. The zero-order chi connectivity index (χ0) is 10.8. The second kappa shape index (κ2) is 4.18. The van der Waals surface area contributed by atoms with Crippen molar-refractivity contribution in [1.82, 2.24) is 10.3 Å². The summed E-state index contributed by atoms with van der Waals surface area (Å²) in [5.74, 6) is 0.643. The third-order valence-corrected chi connectivity index (χ3v) is 2.93. The Labute approximate surface area is 93.1 Å². The van der Waals surface area contributed by atoms with Crippen LogP contribution in [0, 0.1) is 0 Å². The van der Waals surface area contributed by atoms with Crippen LogP contribution in [0.25, 0.3) is 0 Å². The number of carbonyl (C=O) groups is 1. The van der Waals surface area contributed by atoms with Crippen molar-refractivity contribution in [3.05, 3.63) is 11.1 Å². The molecule has 0 spiro atoms. The van der Waals surface area contributed by atoms with Crippen LogP contribution in [0.3, 0.4) is 0 Å². The third kappa shape index (κ3) is 2.92. The smallest absolute Gasteiger partial charge is 0.321 e. The number of nitrogens with zero attached hydrogens (tertiary/aromatic N) is 1. The number of nitrogens with one attached hydrogen (secondary N) is 2. The van der Waals surface area contributed by atoms with Gasteiger partial charge in [-0.25, -0.2) is 9.78 Å². The number of urea groups is 1. The van der Waals surface area contributed by atoms with Crippen molar-refractivity contribution < 1.29 is 4.79 Å². The minimum atomic E-state index is -0.179. The molecule has 1 fully saturated rings. The minimum absolute atomic E-state index is 0.146. The highest BCUT2D eigenvalue weighted by atomic mass is 32.1. The first-order chi connectivity index (χ1) is 7.15. The zero-order valence-electron chi connectivity index (χ0n) is 8.91. The highest BCUT2D eigenvalue weighted by Crippen LogP contribution is 2.40. The lowest BCUT2D eigenvalue weighted by molar-refractivity contribution is 0.250. The molecule has 1 aromatic heterocycles. The largest absolute Gasteiger partial charge is 0.336 e. The normalized spacial score (nSPS) is 15.4. The molecule has 2 rings (SSSR count). The van der Waals surface area contributed by atoms with Crippen LogP contribution in [0.1, 0.15) is 38.3 Å². The fourth-order valence-corrected chi connectivity index (χ4v) is 2.09. The Morgan fingerprint density at radius 1 is 1.60 bits per heavy atom. The lowest BCUT2D eigenvalue weighted by Crippen LogP contribution is -2.34. The molecule has 5 heteroatoms. The van der Waals surface area contributed by atoms with Crippen molar-refractivity contribution >= 4 is 22.5 Å². The van der Waals surface area contributed by atoms with E-state index in [2.05, 4.69) is 15.6 Å². The topological polar surface area (TPSA) is 54.0 Å². The first-order valence-electron chi connectivity index (χ1n) is 5.18. The number of carbonyl (C=O) groups excluding carboxylic acids is 1. The standard InChI is InChI=1S/C10H15N3OS/c1-6(2)11-9(14)13-10-12-8(5-15-10)7-3-4-7/h5-7H,3-4H2,1-2H3,(H2,11,12,13,14). The quantitative estimate of drug-likeness (QED) is 0.830. The molecule has 1 aliphatic rings. The van der Waals surface area contributed by atoms with E-state index in [-0.39, 0.29) is 12.1 Å². The Balaban J connectivity index is 1.89. The predicted molar refractivity (Wildman–Crippen MR) is 61.4 cm³/mol. The molecule has 0 unspecified atom stereocenters. The number of aromatic nitrogens is 1. The fourth-order valence-electron chi connectivity index (χ4n) is 1.31. The van der Waals surface area contributed by atoms with Crippen LogP contribution >= 0.6 is 11.3 Å². The van der Waals surface area contributed by atoms with Gasteiger partial charge in [0.1, 0.15) is 0 Å². The van der Waals surface area contributed by atoms with E-state index in [1.54, 1.807) is 0 Å². The molecular weight excluding hydrogens is 210 g/mol. The molecule has 2 N–H and O–H groups in total. The van der Waals surface area contributed by atoms with Crippen molar-refractivity contribution in [2.75, 3.05) is 5.32 Å². The fraction of sp³-hybridized carbons (Fsp3) is 0.600. The van der Waals surface area contributed by atoms with Crippen LogP contribution < -0.4 is 10.6 Å². The summed E-state index contributed by atoms with van der Waals surface area (Å²) in [5, 5.41) is 8.22. The molecule has 0 bridgehead atoms. The van der Waals surface area contributed by atoms with Crippen molar-refractivity contribution in [3.8, 4) is 0 Å². The molecule has 0 aromatic carbocycles. The van der Waals surface area contributed by atoms with Gasteiger partial charge in [-0.3, -0.25) is 5.32 Å². The van der Waals surface area contributed by atoms with Gasteiger partial charge in [0.2, 0.25) is 0 Å². The van der Waals surface area contributed by atoms with E-state index in [1.807, 2.05) is 19.2 Å². The van der Waals surface area contributed by atoms with Gasteiger partial charge in [-0.05, 0) is 26.7 Å². The van der Waals surface area contributed by atoms with Gasteiger partial charge in [0.25, 0.3) is 0 Å². The SMILES string of the molecule is CC(C)NC(=O)Nc1nc(C2CC2)cs1. The molecule has 2 amide bonds. The molecule has 0 atom stereocenters. The molecule has 1 aromatic rings. The summed E-state index contributed by atoms with van der Waals surface area (Å²) in [7, 11) is 0. The summed E-state index contributed by atoms with van der Waals surface area (Å²) in [4.78, 5) is 15.7. The second-order valence-corrected chi connectivity index (χ2v) is 4.96. The highest BCUT2D eigenvalue weighted by Gasteiger charge is 2.26. The number of anilines is 1. The number of hydrogen-bond acceptors (Lipinski definition) is 3. The average Bonchev–Trinajstić information content (AvgIpc) is 2.87. The molecule has 1 heterocycles. The van der Waals surface area contributed by atoms with Crippen LogP contribution in [0.15, 0.2) is 5.38 Å². The van der Waals surface area contributed by atoms with Gasteiger partial charge in [-0.15, -0.1) is 11.3 Å². The Hall–Kier alpha value is -1.10. The van der Waals surface area contributed by atoms with E-state index in [1.165, 1.54) is 24.2 Å². The van der Waals surface area contributed by atoms with Gasteiger partial charge in [0.05, 0.1) is 5.69 Å². The Morgan fingerprint density at radius 3 is 2.93 bits per heavy atom. The summed E-state index contributed by atoms with van der Waals surface area (Å²) < 4.78 is 0. The monoisotopic (exact) mass is 225 g/mol. The Kier molecular flexibility index (Phi) is 2.90. The second-order valence-electron chi connectivity index (χ2n) is 4.10. The van der Waals surface area contributed by atoms with Gasteiger partial charge in [-0.1, -0.05) is 0 Å². The van der Waals surface area contributed by atoms with Crippen molar-refractivity contribution in [2.45, 2.75) is 38.6 Å². The number of rotatable bonds is 3. The molecule has 1 aliphatic carbocycles. The summed E-state index contributed by atoms with van der Waals surface area (Å²) >= 11 is 1.49. The van der Waals surface area contributed by atoms with Gasteiger partial charge < -0.3 is 5.32 Å². The van der Waals surface area contributed by atoms with E-state index >= 15 is 0 Å². The van der Waals surface area contributed by atoms with E-state index < -0.39 is 0 Å². The lowest BCUT2D eigenvalue weighted by atomic mass is 10.3. The van der Waals surface area contributed by atoms with Crippen LogP contribution in [0.2, 0.25) is 0 Å². The summed E-state index contributed by atoms with van der Waals surface area (Å²) in [6.07, 6.45) is 2.47. The molecule has 1 saturated carbocycles. The average molecular weight is 225 g/mol. The van der Waals surface area contributed by atoms with Gasteiger partial charge in [-0.2, -0.15) is 0 Å². The van der Waals surface area contributed by atoms with Gasteiger partial charge in [0, 0.05) is 17.3 Å². The lowest BCUT2D eigenvalue weighted by Gasteiger charge is -2.07. The predicted octanol–water partition coefficient (Wildman–Crippen LogP) is 2.55. The Bertz CT molecular complexity index is 357.